The Kier molecular flexibility index (Phi) is 8.84. The van der Waals surface area contributed by atoms with Crippen LogP contribution in [0.25, 0.3) is 11.2 Å². The molecular formula is C28H35FN7O7P. The van der Waals surface area contributed by atoms with Gasteiger partial charge in [-0.1, -0.05) is 24.1 Å². The molecule has 1 saturated carbocycles. The highest BCUT2D eigenvalue weighted by molar-refractivity contribution is 7.52. The van der Waals surface area contributed by atoms with Crippen LogP contribution in [0, 0.1) is 12.3 Å². The zero-order chi connectivity index (χ0) is 31.8. The van der Waals surface area contributed by atoms with Crippen LogP contribution in [-0.2, 0) is 23.4 Å². The van der Waals surface area contributed by atoms with Gasteiger partial charge in [0, 0.05) is 13.1 Å². The molecule has 0 spiro atoms. The van der Waals surface area contributed by atoms with Crippen molar-refractivity contribution in [3.8, 4) is 18.1 Å². The maximum absolute atomic E-state index is 16.4. The van der Waals surface area contributed by atoms with Crippen molar-refractivity contribution in [2.45, 2.75) is 75.9 Å². The van der Waals surface area contributed by atoms with Gasteiger partial charge in [0.1, 0.15) is 24.0 Å². The van der Waals surface area contributed by atoms with E-state index in [4.69, 9.17) is 30.7 Å². The summed E-state index contributed by atoms with van der Waals surface area (Å²) in [5.41, 5.74) is 3.70. The van der Waals surface area contributed by atoms with Gasteiger partial charge in [-0.3, -0.25) is 13.9 Å². The molecule has 0 bridgehead atoms. The molecule has 14 nitrogen and oxygen atoms in total. The number of fused-ring (bicyclic) bond motifs is 1. The van der Waals surface area contributed by atoms with E-state index in [1.54, 1.807) is 32.0 Å². The predicted molar refractivity (Wildman–Crippen MR) is 158 cm³/mol. The molecule has 1 aromatic carbocycles. The van der Waals surface area contributed by atoms with Crippen LogP contribution >= 0.6 is 7.75 Å². The van der Waals surface area contributed by atoms with E-state index in [9.17, 15) is 14.5 Å². The molecule has 1 saturated heterocycles. The van der Waals surface area contributed by atoms with Gasteiger partial charge in [0.15, 0.2) is 23.2 Å². The SMILES string of the molecule is C#C[C@@]1(F)[C@H](O)C(COP(=O)(N[C@@H](C)C(=O)OC(C)C)Oc2ccccc2)O[C@H]1n1cnc2c(N(C)C3CC3)nc(N)nc21. The van der Waals surface area contributed by atoms with Gasteiger partial charge >= 0.3 is 13.7 Å². The van der Waals surface area contributed by atoms with Gasteiger partial charge in [-0.2, -0.15) is 15.1 Å². The molecule has 4 N–H and O–H groups in total. The Morgan fingerprint density at radius 2 is 2.05 bits per heavy atom. The predicted octanol–water partition coefficient (Wildman–Crippen LogP) is 2.74. The van der Waals surface area contributed by atoms with Gasteiger partial charge < -0.3 is 29.7 Å². The van der Waals surface area contributed by atoms with Crippen molar-refractivity contribution in [2.24, 2.45) is 0 Å². The van der Waals surface area contributed by atoms with Crippen LogP contribution in [0.5, 0.6) is 5.75 Å². The third-order valence-electron chi connectivity index (χ3n) is 7.20. The number of rotatable bonds is 12. The monoisotopic (exact) mass is 631 g/mol. The summed E-state index contributed by atoms with van der Waals surface area (Å²) in [6.07, 6.45) is 3.44. The molecule has 2 fully saturated rings. The Morgan fingerprint density at radius 1 is 1.34 bits per heavy atom. The topological polar surface area (TPSA) is 176 Å². The molecule has 2 aromatic heterocycles. The number of nitrogens with zero attached hydrogens (tertiary/aromatic N) is 5. The molecule has 6 atom stereocenters. The smallest absolute Gasteiger partial charge is 0.459 e. The third-order valence-corrected chi connectivity index (χ3v) is 8.85. The largest absolute Gasteiger partial charge is 0.462 e. The van der Waals surface area contributed by atoms with Crippen LogP contribution in [0.3, 0.4) is 0 Å². The quantitative estimate of drug-likeness (QED) is 0.151. The summed E-state index contributed by atoms with van der Waals surface area (Å²) in [7, 11) is -2.49. The first-order valence-corrected chi connectivity index (χ1v) is 15.6. The number of esters is 1. The van der Waals surface area contributed by atoms with Crippen molar-refractivity contribution in [1.29, 1.82) is 0 Å². The van der Waals surface area contributed by atoms with Crippen molar-refractivity contribution in [1.82, 2.24) is 24.6 Å². The molecule has 3 aromatic rings. The van der Waals surface area contributed by atoms with Gasteiger partial charge in [0.05, 0.1) is 19.0 Å². The fourth-order valence-electron chi connectivity index (χ4n) is 4.79. The number of carbonyl (C=O) groups is 1. The minimum Gasteiger partial charge on any atom is -0.462 e. The molecule has 44 heavy (non-hydrogen) atoms. The Bertz CT molecular complexity index is 1600. The summed E-state index contributed by atoms with van der Waals surface area (Å²) in [4.78, 5) is 27.3. The number of para-hydroxylation sites is 1. The average Bonchev–Trinajstić information content (AvgIpc) is 3.70. The Balaban J connectivity index is 1.40. The summed E-state index contributed by atoms with van der Waals surface area (Å²) in [6, 6.07) is 7.23. The minimum absolute atomic E-state index is 0.0690. The number of alkyl halides is 1. The van der Waals surface area contributed by atoms with E-state index in [-0.39, 0.29) is 23.4 Å². The van der Waals surface area contributed by atoms with Crippen LogP contribution in [0.2, 0.25) is 0 Å². The number of nitrogens with two attached hydrogens (primary N) is 1. The molecule has 0 radical (unpaired) electrons. The van der Waals surface area contributed by atoms with Gasteiger partial charge in [0.2, 0.25) is 11.6 Å². The summed E-state index contributed by atoms with van der Waals surface area (Å²) in [5.74, 6) is 1.86. The average molecular weight is 632 g/mol. The maximum Gasteiger partial charge on any atom is 0.459 e. The van der Waals surface area contributed by atoms with Crippen molar-refractivity contribution in [2.75, 3.05) is 24.3 Å². The number of anilines is 2. The molecule has 16 heteroatoms. The van der Waals surface area contributed by atoms with Crippen molar-refractivity contribution < 1.29 is 37.4 Å². The van der Waals surface area contributed by atoms with Crippen LogP contribution in [0.15, 0.2) is 36.7 Å². The van der Waals surface area contributed by atoms with E-state index in [0.717, 1.165) is 12.8 Å². The first kappa shape index (κ1) is 31.6. The number of halogens is 1. The third kappa shape index (κ3) is 6.36. The number of aromatic nitrogens is 4. The van der Waals surface area contributed by atoms with Gasteiger partial charge in [0.25, 0.3) is 0 Å². The van der Waals surface area contributed by atoms with Crippen LogP contribution in [0.4, 0.5) is 16.2 Å². The maximum atomic E-state index is 16.4. The second kappa shape index (κ2) is 12.3. The number of aliphatic hydroxyl groups excluding tert-OH is 1. The Hall–Kier alpha value is -3.80. The lowest BCUT2D eigenvalue weighted by Gasteiger charge is -2.25. The van der Waals surface area contributed by atoms with Crippen molar-refractivity contribution in [3.05, 3.63) is 36.7 Å². The lowest BCUT2D eigenvalue weighted by molar-refractivity contribution is -0.149. The van der Waals surface area contributed by atoms with Gasteiger partial charge in [-0.25, -0.2) is 13.9 Å². The number of benzene rings is 1. The number of imidazole rings is 1. The molecule has 3 heterocycles. The number of carbonyl (C=O) groups excluding carboxylic acids is 1. The van der Waals surface area contributed by atoms with Crippen LogP contribution < -0.4 is 20.2 Å². The number of nitrogen functional groups attached to an aromatic ring is 1. The number of ether oxygens (including phenoxy) is 2. The molecular weight excluding hydrogens is 596 g/mol. The lowest BCUT2D eigenvalue weighted by atomic mass is 9.97. The standard InChI is InChI=1S/C28H35FN7O7P/c1-6-28(29)22(37)20(14-40-44(39,43-19-10-8-7-9-11-19)34-17(4)25(38)41-16(2)3)42-26(28)36-15-31-21-23(35(5)18-12-13-18)32-27(30)33-24(21)36/h1,7-11,15-18,20,22,26,37H,12-14H2,2-5H3,(H,34,39)(H2,30,32,33)/t17-,20?,22+,26+,28+,44?/m0/s1. The second-order valence-electron chi connectivity index (χ2n) is 11.0. The number of nitrogens with one attached hydrogen (secondary N) is 1. The minimum atomic E-state index is -4.35. The fourth-order valence-corrected chi connectivity index (χ4v) is 6.29. The zero-order valence-corrected chi connectivity index (χ0v) is 25.6. The van der Waals surface area contributed by atoms with Crippen molar-refractivity contribution >= 4 is 36.6 Å². The van der Waals surface area contributed by atoms with Gasteiger partial charge in [-0.05, 0) is 45.7 Å². The van der Waals surface area contributed by atoms with Crippen LogP contribution in [-0.4, -0.2) is 80.3 Å². The second-order valence-corrected chi connectivity index (χ2v) is 12.7. The number of terminal acetylenes is 1. The Labute approximate surface area is 253 Å². The zero-order valence-electron chi connectivity index (χ0n) is 24.7. The highest BCUT2D eigenvalue weighted by atomic mass is 31.2. The Morgan fingerprint density at radius 3 is 2.68 bits per heavy atom. The highest BCUT2D eigenvalue weighted by Crippen LogP contribution is 2.48. The molecule has 1 aliphatic carbocycles. The highest BCUT2D eigenvalue weighted by Gasteiger charge is 2.58. The summed E-state index contributed by atoms with van der Waals surface area (Å²) in [5, 5.41) is 13.6. The van der Waals surface area contributed by atoms with Gasteiger partial charge in [-0.15, -0.1) is 6.42 Å². The van der Waals surface area contributed by atoms with E-state index < -0.39 is 56.6 Å². The van der Waals surface area contributed by atoms with E-state index in [2.05, 4.69) is 20.0 Å². The molecule has 236 valence electrons. The van der Waals surface area contributed by atoms with Crippen LogP contribution in [0.1, 0.15) is 39.8 Å². The molecule has 1 aliphatic heterocycles. The number of hydrogen-bond donors (Lipinski definition) is 3. The van der Waals surface area contributed by atoms with E-state index in [0.29, 0.717) is 11.3 Å². The fraction of sp³-hybridized carbons (Fsp3) is 0.500. The van der Waals surface area contributed by atoms with Crippen molar-refractivity contribution in [3.63, 3.8) is 0 Å². The summed E-state index contributed by atoms with van der Waals surface area (Å²) < 4.78 is 53.8. The normalized spacial score (nSPS) is 25.4. The number of hydrogen-bond acceptors (Lipinski definition) is 12. The lowest BCUT2D eigenvalue weighted by Crippen LogP contribution is -2.42. The van der Waals surface area contributed by atoms with E-state index >= 15 is 4.39 Å². The number of aliphatic hydroxyl groups is 1. The molecule has 2 unspecified atom stereocenters. The van der Waals surface area contributed by atoms with E-state index in [1.165, 1.54) is 30.0 Å². The van der Waals surface area contributed by atoms with E-state index in [1.807, 2.05) is 17.9 Å². The summed E-state index contributed by atoms with van der Waals surface area (Å²) >= 11 is 0. The molecule has 5 rings (SSSR count). The first-order chi connectivity index (χ1) is 20.8. The summed E-state index contributed by atoms with van der Waals surface area (Å²) in [6.45, 7) is 4.11. The first-order valence-electron chi connectivity index (χ1n) is 14.1. The molecule has 2 aliphatic rings. The molecule has 0 amide bonds.